The molecule has 1 atom stereocenters. The second-order valence-corrected chi connectivity index (χ2v) is 6.51. The summed E-state index contributed by atoms with van der Waals surface area (Å²) in [6.45, 7) is 6.13. The van der Waals surface area contributed by atoms with Crippen LogP contribution >= 0.6 is 11.3 Å². The van der Waals surface area contributed by atoms with Gasteiger partial charge >= 0.3 is 0 Å². The molecule has 2 rings (SSSR count). The maximum Gasteiger partial charge on any atom is 0.0898 e. The Morgan fingerprint density at radius 2 is 2.21 bits per heavy atom. The van der Waals surface area contributed by atoms with Crippen LogP contribution in [0.15, 0.2) is 5.38 Å². The monoisotopic (exact) mass is 282 g/mol. The number of aryl methyl sites for hydroxylation is 1. The third-order valence-electron chi connectivity index (χ3n) is 3.76. The molecule has 19 heavy (non-hydrogen) atoms. The van der Waals surface area contributed by atoms with Crippen molar-refractivity contribution in [1.29, 1.82) is 0 Å². The van der Waals surface area contributed by atoms with E-state index in [1.54, 1.807) is 11.3 Å². The summed E-state index contributed by atoms with van der Waals surface area (Å²) < 4.78 is 5.92. The molecule has 0 saturated heterocycles. The van der Waals surface area contributed by atoms with E-state index in [1.807, 2.05) is 0 Å². The number of ether oxygens (including phenoxy) is 1. The first kappa shape index (κ1) is 14.9. The number of nitrogens with one attached hydrogen (secondary N) is 1. The van der Waals surface area contributed by atoms with Crippen molar-refractivity contribution in [3.8, 4) is 0 Å². The molecule has 108 valence electrons. The van der Waals surface area contributed by atoms with Crippen LogP contribution in [0.2, 0.25) is 0 Å². The largest absolute Gasteiger partial charge is 0.378 e. The standard InChI is InChI=1S/C15H26N2OS/c1-12(15-11-19-13(2)17-15)16-9-6-10-18-14-7-4-3-5-8-14/h11-12,14,16H,3-10H2,1-2H3. The van der Waals surface area contributed by atoms with Gasteiger partial charge in [0, 0.05) is 18.0 Å². The van der Waals surface area contributed by atoms with Gasteiger partial charge in [0.2, 0.25) is 0 Å². The molecule has 1 fully saturated rings. The molecule has 1 saturated carbocycles. The minimum absolute atomic E-state index is 0.347. The van der Waals surface area contributed by atoms with Crippen LogP contribution in [0, 0.1) is 6.92 Å². The molecule has 1 aliphatic carbocycles. The van der Waals surface area contributed by atoms with Gasteiger partial charge in [0.05, 0.1) is 16.8 Å². The van der Waals surface area contributed by atoms with E-state index >= 15 is 0 Å². The van der Waals surface area contributed by atoms with Gasteiger partial charge in [-0.25, -0.2) is 4.98 Å². The molecule has 1 aliphatic rings. The van der Waals surface area contributed by atoms with Crippen LogP contribution in [0.5, 0.6) is 0 Å². The van der Waals surface area contributed by atoms with Crippen molar-refractivity contribution in [2.45, 2.75) is 64.5 Å². The Morgan fingerprint density at radius 3 is 2.89 bits per heavy atom. The maximum absolute atomic E-state index is 5.92. The van der Waals surface area contributed by atoms with Crippen molar-refractivity contribution >= 4 is 11.3 Å². The maximum atomic E-state index is 5.92. The summed E-state index contributed by atoms with van der Waals surface area (Å²) >= 11 is 1.72. The van der Waals surface area contributed by atoms with Crippen LogP contribution in [0.25, 0.3) is 0 Å². The molecule has 0 aromatic carbocycles. The van der Waals surface area contributed by atoms with Gasteiger partial charge in [0.15, 0.2) is 0 Å². The van der Waals surface area contributed by atoms with Gasteiger partial charge in [-0.15, -0.1) is 11.3 Å². The lowest BCUT2D eigenvalue weighted by atomic mass is 9.98. The predicted octanol–water partition coefficient (Wildman–Crippen LogP) is 3.84. The summed E-state index contributed by atoms with van der Waals surface area (Å²) in [4.78, 5) is 4.51. The Hall–Kier alpha value is -0.450. The van der Waals surface area contributed by atoms with E-state index in [1.165, 1.54) is 32.1 Å². The highest BCUT2D eigenvalue weighted by molar-refractivity contribution is 7.09. The highest BCUT2D eigenvalue weighted by atomic mass is 32.1. The van der Waals surface area contributed by atoms with E-state index in [4.69, 9.17) is 4.74 Å². The van der Waals surface area contributed by atoms with E-state index in [0.717, 1.165) is 30.3 Å². The molecule has 4 heteroatoms. The van der Waals surface area contributed by atoms with Gasteiger partial charge in [-0.1, -0.05) is 19.3 Å². The number of hydrogen-bond acceptors (Lipinski definition) is 4. The zero-order chi connectivity index (χ0) is 13.5. The van der Waals surface area contributed by atoms with Crippen molar-refractivity contribution in [1.82, 2.24) is 10.3 Å². The molecule has 0 aliphatic heterocycles. The summed E-state index contributed by atoms with van der Waals surface area (Å²) in [7, 11) is 0. The van der Waals surface area contributed by atoms with Crippen molar-refractivity contribution in [2.24, 2.45) is 0 Å². The van der Waals surface area contributed by atoms with Crippen molar-refractivity contribution in [2.75, 3.05) is 13.2 Å². The average Bonchev–Trinajstić information content (AvgIpc) is 2.86. The number of rotatable bonds is 7. The quantitative estimate of drug-likeness (QED) is 0.772. The zero-order valence-electron chi connectivity index (χ0n) is 12.2. The fourth-order valence-corrected chi connectivity index (χ4v) is 3.26. The molecule has 1 aromatic heterocycles. The third kappa shape index (κ3) is 5.21. The number of hydrogen-bond donors (Lipinski definition) is 1. The Balaban J connectivity index is 1.54. The van der Waals surface area contributed by atoms with E-state index in [0.29, 0.717) is 12.1 Å². The molecule has 0 amide bonds. The predicted molar refractivity (Wildman–Crippen MR) is 80.7 cm³/mol. The molecule has 0 bridgehead atoms. The van der Waals surface area contributed by atoms with E-state index in [-0.39, 0.29) is 0 Å². The molecule has 1 aromatic rings. The lowest BCUT2D eigenvalue weighted by Crippen LogP contribution is -2.23. The van der Waals surface area contributed by atoms with E-state index in [9.17, 15) is 0 Å². The zero-order valence-corrected chi connectivity index (χ0v) is 13.0. The summed E-state index contributed by atoms with van der Waals surface area (Å²) in [6.07, 6.45) is 8.25. The smallest absolute Gasteiger partial charge is 0.0898 e. The molecular weight excluding hydrogens is 256 g/mol. The normalized spacial score (nSPS) is 18.6. The molecule has 1 unspecified atom stereocenters. The first-order valence-corrected chi connectivity index (χ1v) is 8.40. The summed E-state index contributed by atoms with van der Waals surface area (Å²) in [5.74, 6) is 0. The van der Waals surface area contributed by atoms with Crippen LogP contribution in [0.1, 0.15) is 62.2 Å². The number of nitrogens with zero attached hydrogens (tertiary/aromatic N) is 1. The fourth-order valence-electron chi connectivity index (χ4n) is 2.56. The number of aromatic nitrogens is 1. The van der Waals surface area contributed by atoms with E-state index in [2.05, 4.69) is 29.5 Å². The van der Waals surface area contributed by atoms with Crippen LogP contribution in [0.3, 0.4) is 0 Å². The van der Waals surface area contributed by atoms with Crippen LogP contribution in [-0.4, -0.2) is 24.2 Å². The summed E-state index contributed by atoms with van der Waals surface area (Å²) in [6, 6.07) is 0.347. The summed E-state index contributed by atoms with van der Waals surface area (Å²) in [5, 5.41) is 6.80. The lowest BCUT2D eigenvalue weighted by molar-refractivity contribution is 0.0271. The molecule has 3 nitrogen and oxygen atoms in total. The highest BCUT2D eigenvalue weighted by Crippen LogP contribution is 2.20. The second-order valence-electron chi connectivity index (χ2n) is 5.45. The van der Waals surface area contributed by atoms with Crippen LogP contribution < -0.4 is 5.32 Å². The van der Waals surface area contributed by atoms with Crippen molar-refractivity contribution in [3.63, 3.8) is 0 Å². The number of thiazole rings is 1. The highest BCUT2D eigenvalue weighted by Gasteiger charge is 2.13. The minimum atomic E-state index is 0.347. The molecular formula is C15H26N2OS. The molecule has 1 N–H and O–H groups in total. The lowest BCUT2D eigenvalue weighted by Gasteiger charge is -2.22. The Bertz CT molecular complexity index is 361. The molecule has 1 heterocycles. The van der Waals surface area contributed by atoms with Crippen LogP contribution in [0.4, 0.5) is 0 Å². The average molecular weight is 282 g/mol. The first-order chi connectivity index (χ1) is 9.25. The second kappa shape index (κ2) is 7.98. The topological polar surface area (TPSA) is 34.2 Å². The fraction of sp³-hybridized carbons (Fsp3) is 0.800. The molecule has 0 radical (unpaired) electrons. The summed E-state index contributed by atoms with van der Waals surface area (Å²) in [5.41, 5.74) is 1.16. The van der Waals surface area contributed by atoms with Gasteiger partial charge in [0.1, 0.15) is 0 Å². The van der Waals surface area contributed by atoms with Gasteiger partial charge in [-0.2, -0.15) is 0 Å². The van der Waals surface area contributed by atoms with Gasteiger partial charge in [-0.05, 0) is 39.7 Å². The van der Waals surface area contributed by atoms with Gasteiger partial charge in [-0.3, -0.25) is 0 Å². The van der Waals surface area contributed by atoms with Gasteiger partial charge in [0.25, 0.3) is 0 Å². The first-order valence-electron chi connectivity index (χ1n) is 7.52. The molecule has 0 spiro atoms. The van der Waals surface area contributed by atoms with Crippen LogP contribution in [-0.2, 0) is 4.74 Å². The Morgan fingerprint density at radius 1 is 1.42 bits per heavy atom. The Labute approximate surface area is 120 Å². The van der Waals surface area contributed by atoms with Gasteiger partial charge < -0.3 is 10.1 Å². The minimum Gasteiger partial charge on any atom is -0.378 e. The van der Waals surface area contributed by atoms with Crippen molar-refractivity contribution < 1.29 is 4.74 Å². The Kier molecular flexibility index (Phi) is 6.28. The third-order valence-corrected chi connectivity index (χ3v) is 4.55. The van der Waals surface area contributed by atoms with Crippen molar-refractivity contribution in [3.05, 3.63) is 16.1 Å². The van der Waals surface area contributed by atoms with E-state index < -0.39 is 0 Å². The SMILES string of the molecule is Cc1nc(C(C)NCCCOC2CCCCC2)cs1.